The van der Waals surface area contributed by atoms with Crippen LogP contribution >= 0.6 is 0 Å². The third-order valence-corrected chi connectivity index (χ3v) is 4.25. The van der Waals surface area contributed by atoms with E-state index in [1.807, 2.05) is 25.1 Å². The van der Waals surface area contributed by atoms with E-state index in [4.69, 9.17) is 14.2 Å². The van der Waals surface area contributed by atoms with Crippen molar-refractivity contribution in [3.05, 3.63) is 54.1 Å². The fraction of sp³-hybridized carbons (Fsp3) is 0.440. The van der Waals surface area contributed by atoms with E-state index in [2.05, 4.69) is 57.2 Å². The van der Waals surface area contributed by atoms with Crippen LogP contribution in [0.3, 0.4) is 0 Å². The smallest absolute Gasteiger partial charge is 0.126 e. The zero-order valence-electron chi connectivity index (χ0n) is 17.7. The third kappa shape index (κ3) is 7.40. The second-order valence-corrected chi connectivity index (χ2v) is 7.30. The topological polar surface area (TPSA) is 27.7 Å². The Labute approximate surface area is 170 Å². The molecule has 0 heterocycles. The van der Waals surface area contributed by atoms with Crippen molar-refractivity contribution in [3.8, 4) is 22.6 Å². The normalized spacial score (nSPS) is 11.3. The molecule has 0 aromatic heterocycles. The average molecular weight is 383 g/mol. The maximum atomic E-state index is 5.96. The van der Waals surface area contributed by atoms with Crippen molar-refractivity contribution in [1.82, 2.24) is 0 Å². The summed E-state index contributed by atoms with van der Waals surface area (Å²) in [6.07, 6.45) is 6.39. The molecule has 0 saturated heterocycles. The lowest BCUT2D eigenvalue weighted by Crippen LogP contribution is -2.07. The summed E-state index contributed by atoms with van der Waals surface area (Å²) in [5.41, 5.74) is 3.43. The van der Waals surface area contributed by atoms with Crippen LogP contribution in [-0.2, 0) is 4.74 Å². The van der Waals surface area contributed by atoms with Gasteiger partial charge in [0.05, 0.1) is 13.2 Å². The Hall–Kier alpha value is -2.26. The first-order chi connectivity index (χ1) is 13.6. The molecule has 0 amide bonds. The average Bonchev–Trinajstić information content (AvgIpc) is 2.70. The predicted octanol–water partition coefficient (Wildman–Crippen LogP) is 6.62. The van der Waals surface area contributed by atoms with Crippen molar-refractivity contribution in [2.24, 2.45) is 5.92 Å². The van der Waals surface area contributed by atoms with E-state index in [0.29, 0.717) is 19.1 Å². The molecule has 0 bridgehead atoms. The van der Waals surface area contributed by atoms with Crippen LogP contribution in [0.1, 0.15) is 46.1 Å². The third-order valence-electron chi connectivity index (χ3n) is 4.25. The lowest BCUT2D eigenvalue weighted by molar-refractivity contribution is 0.0981. The Morgan fingerprint density at radius 3 is 2.32 bits per heavy atom. The van der Waals surface area contributed by atoms with Crippen LogP contribution < -0.4 is 9.47 Å². The number of ether oxygens (including phenoxy) is 3. The number of allylic oxidation sites excluding steroid dienone is 1. The van der Waals surface area contributed by atoms with E-state index in [1.165, 1.54) is 5.56 Å². The Morgan fingerprint density at radius 1 is 0.893 bits per heavy atom. The molecule has 0 unspecified atom stereocenters. The Morgan fingerprint density at radius 2 is 1.64 bits per heavy atom. The number of benzene rings is 2. The summed E-state index contributed by atoms with van der Waals surface area (Å²) in [7, 11) is 0. The molecular weight excluding hydrogens is 348 g/mol. The van der Waals surface area contributed by atoms with Gasteiger partial charge in [-0.1, -0.05) is 57.5 Å². The molecule has 28 heavy (non-hydrogen) atoms. The van der Waals surface area contributed by atoms with Gasteiger partial charge >= 0.3 is 0 Å². The molecule has 2 rings (SSSR count). The number of hydrogen-bond acceptors (Lipinski definition) is 3. The van der Waals surface area contributed by atoms with Gasteiger partial charge < -0.3 is 14.2 Å². The van der Waals surface area contributed by atoms with E-state index in [0.717, 1.165) is 48.7 Å². The molecule has 3 heteroatoms. The van der Waals surface area contributed by atoms with Crippen LogP contribution in [0.25, 0.3) is 17.2 Å². The molecule has 2 aromatic carbocycles. The standard InChI is InChI=1S/C25H34O3/c1-5-7-15-26-16-17-27-24-12-9-21(10-13-24)22-11-14-25(28-19-20(3)4)23(18-22)8-6-2/h6,8-14,18,20H,5,7,15-17,19H2,1-4H3/b8-6+. The molecule has 0 fully saturated rings. The molecule has 0 N–H and O–H groups in total. The van der Waals surface area contributed by atoms with Crippen molar-refractivity contribution >= 4 is 6.08 Å². The van der Waals surface area contributed by atoms with Gasteiger partial charge in [0.1, 0.15) is 18.1 Å². The second-order valence-electron chi connectivity index (χ2n) is 7.30. The molecule has 2 aromatic rings. The Balaban J connectivity index is 1.99. The van der Waals surface area contributed by atoms with Crippen LogP contribution in [0.5, 0.6) is 11.5 Å². The van der Waals surface area contributed by atoms with E-state index in [-0.39, 0.29) is 0 Å². The zero-order chi connectivity index (χ0) is 20.2. The van der Waals surface area contributed by atoms with Gasteiger partial charge in [0.2, 0.25) is 0 Å². The number of hydrogen-bond donors (Lipinski definition) is 0. The molecule has 0 saturated carbocycles. The maximum absolute atomic E-state index is 5.96. The van der Waals surface area contributed by atoms with Crippen LogP contribution in [0, 0.1) is 5.92 Å². The quantitative estimate of drug-likeness (QED) is 0.386. The summed E-state index contributed by atoms with van der Waals surface area (Å²) in [5.74, 6) is 2.30. The first-order valence-corrected chi connectivity index (χ1v) is 10.3. The number of unbranched alkanes of at least 4 members (excludes halogenated alkanes) is 1. The summed E-state index contributed by atoms with van der Waals surface area (Å²) in [4.78, 5) is 0. The Kier molecular flexibility index (Phi) is 9.64. The fourth-order valence-corrected chi connectivity index (χ4v) is 2.74. The molecular formula is C25H34O3. The van der Waals surface area contributed by atoms with Crippen molar-refractivity contribution in [1.29, 1.82) is 0 Å². The zero-order valence-corrected chi connectivity index (χ0v) is 17.7. The molecule has 3 nitrogen and oxygen atoms in total. The van der Waals surface area contributed by atoms with E-state index in [1.54, 1.807) is 0 Å². The minimum absolute atomic E-state index is 0.503. The lowest BCUT2D eigenvalue weighted by Gasteiger charge is -2.13. The van der Waals surface area contributed by atoms with Gasteiger partial charge in [-0.2, -0.15) is 0 Å². The van der Waals surface area contributed by atoms with Gasteiger partial charge in [0, 0.05) is 12.2 Å². The summed E-state index contributed by atoms with van der Waals surface area (Å²) in [5, 5.41) is 0. The maximum Gasteiger partial charge on any atom is 0.126 e. The van der Waals surface area contributed by atoms with Crippen LogP contribution in [0.4, 0.5) is 0 Å². The largest absolute Gasteiger partial charge is 0.493 e. The van der Waals surface area contributed by atoms with Gasteiger partial charge in [-0.3, -0.25) is 0 Å². The highest BCUT2D eigenvalue weighted by molar-refractivity contribution is 5.71. The minimum atomic E-state index is 0.503. The lowest BCUT2D eigenvalue weighted by atomic mass is 10.0. The summed E-state index contributed by atoms with van der Waals surface area (Å²) < 4.78 is 17.2. The fourth-order valence-electron chi connectivity index (χ4n) is 2.74. The Bertz CT molecular complexity index is 717. The van der Waals surface area contributed by atoms with Gasteiger partial charge in [-0.05, 0) is 54.7 Å². The molecule has 0 aliphatic rings. The SMILES string of the molecule is C/C=C/c1cc(-c2ccc(OCCOCCCC)cc2)ccc1OCC(C)C. The van der Waals surface area contributed by atoms with Gasteiger partial charge in [-0.15, -0.1) is 0 Å². The van der Waals surface area contributed by atoms with Crippen LogP contribution in [-0.4, -0.2) is 26.4 Å². The molecule has 152 valence electrons. The minimum Gasteiger partial charge on any atom is -0.493 e. The number of rotatable bonds is 12. The van der Waals surface area contributed by atoms with Gasteiger partial charge in [0.15, 0.2) is 0 Å². The van der Waals surface area contributed by atoms with Crippen molar-refractivity contribution in [3.63, 3.8) is 0 Å². The van der Waals surface area contributed by atoms with E-state index >= 15 is 0 Å². The first-order valence-electron chi connectivity index (χ1n) is 10.3. The molecule has 0 aliphatic carbocycles. The van der Waals surface area contributed by atoms with Crippen molar-refractivity contribution < 1.29 is 14.2 Å². The van der Waals surface area contributed by atoms with E-state index < -0.39 is 0 Å². The monoisotopic (exact) mass is 382 g/mol. The highest BCUT2D eigenvalue weighted by Crippen LogP contribution is 2.29. The summed E-state index contributed by atoms with van der Waals surface area (Å²) in [6.45, 7) is 11.2. The van der Waals surface area contributed by atoms with E-state index in [9.17, 15) is 0 Å². The van der Waals surface area contributed by atoms with Crippen LogP contribution in [0.2, 0.25) is 0 Å². The van der Waals surface area contributed by atoms with Crippen LogP contribution in [0.15, 0.2) is 48.5 Å². The molecule has 0 spiro atoms. The first kappa shape index (κ1) is 22.0. The predicted molar refractivity (Wildman–Crippen MR) is 118 cm³/mol. The van der Waals surface area contributed by atoms with Gasteiger partial charge in [-0.25, -0.2) is 0 Å². The van der Waals surface area contributed by atoms with Crippen molar-refractivity contribution in [2.45, 2.75) is 40.5 Å². The molecule has 0 atom stereocenters. The van der Waals surface area contributed by atoms with Gasteiger partial charge in [0.25, 0.3) is 0 Å². The van der Waals surface area contributed by atoms with Crippen molar-refractivity contribution in [2.75, 3.05) is 26.4 Å². The second kappa shape index (κ2) is 12.2. The highest BCUT2D eigenvalue weighted by Gasteiger charge is 2.06. The molecule has 0 radical (unpaired) electrons. The highest BCUT2D eigenvalue weighted by atomic mass is 16.5. The molecule has 0 aliphatic heterocycles. The summed E-state index contributed by atoms with van der Waals surface area (Å²) in [6, 6.07) is 14.6. The summed E-state index contributed by atoms with van der Waals surface area (Å²) >= 11 is 0.